The fraction of sp³-hybridized carbons (Fsp3) is 0.227. The first-order valence-electron chi connectivity index (χ1n) is 9.40. The van der Waals surface area contributed by atoms with Crippen LogP contribution in [0, 0.1) is 13.8 Å². The number of para-hydroxylation sites is 1. The van der Waals surface area contributed by atoms with Crippen LogP contribution in [0.15, 0.2) is 58.1 Å². The third-order valence-electron chi connectivity index (χ3n) is 4.92. The number of aryl methyl sites for hydroxylation is 2. The van der Waals surface area contributed by atoms with Crippen LogP contribution in [0.1, 0.15) is 22.7 Å². The topological polar surface area (TPSA) is 80.3 Å². The summed E-state index contributed by atoms with van der Waals surface area (Å²) in [6.07, 6.45) is 0. The van der Waals surface area contributed by atoms with Gasteiger partial charge in [0, 0.05) is 11.4 Å². The van der Waals surface area contributed by atoms with E-state index in [1.54, 1.807) is 11.3 Å². The molecule has 2 aromatic carbocycles. The lowest BCUT2D eigenvalue weighted by atomic mass is 9.91. The van der Waals surface area contributed by atoms with Crippen molar-refractivity contribution in [3.05, 3.63) is 70.4 Å². The molecule has 0 saturated heterocycles. The zero-order valence-corrected chi connectivity index (χ0v) is 18.4. The molecule has 154 valence electrons. The summed E-state index contributed by atoms with van der Waals surface area (Å²) in [6.45, 7) is 3.95. The van der Waals surface area contributed by atoms with Crippen molar-refractivity contribution in [1.82, 2.24) is 15.6 Å². The number of rotatable bonds is 5. The number of esters is 1. The van der Waals surface area contributed by atoms with Crippen LogP contribution in [-0.4, -0.2) is 29.8 Å². The number of benzene rings is 2. The van der Waals surface area contributed by atoms with E-state index >= 15 is 0 Å². The van der Waals surface area contributed by atoms with Gasteiger partial charge in [0.1, 0.15) is 0 Å². The molecule has 1 aromatic heterocycles. The average Bonchev–Trinajstić information content (AvgIpc) is 3.16. The zero-order chi connectivity index (χ0) is 21.3. The molecule has 6 nitrogen and oxygen atoms in total. The molecule has 8 heteroatoms. The molecule has 2 heterocycles. The Morgan fingerprint density at radius 1 is 1.23 bits per heavy atom. The minimum absolute atomic E-state index is 0.339. The summed E-state index contributed by atoms with van der Waals surface area (Å²) in [4.78, 5) is 29.8. The summed E-state index contributed by atoms with van der Waals surface area (Å²) in [5, 5.41) is 5.69. The third kappa shape index (κ3) is 4.06. The normalized spacial score (nSPS) is 16.4. The van der Waals surface area contributed by atoms with Gasteiger partial charge in [-0.15, -0.1) is 11.3 Å². The first-order valence-corrected chi connectivity index (χ1v) is 11.2. The zero-order valence-electron chi connectivity index (χ0n) is 16.8. The van der Waals surface area contributed by atoms with E-state index in [1.807, 2.05) is 56.3 Å². The summed E-state index contributed by atoms with van der Waals surface area (Å²) < 4.78 is 7.05. The predicted molar refractivity (Wildman–Crippen MR) is 120 cm³/mol. The number of carbonyl (C=O) groups excluding carboxylic acids is 2. The number of aromatic nitrogens is 1. The Bertz CT molecular complexity index is 1140. The van der Waals surface area contributed by atoms with Crippen molar-refractivity contribution in [3.63, 3.8) is 0 Å². The van der Waals surface area contributed by atoms with E-state index in [0.29, 0.717) is 17.0 Å². The van der Waals surface area contributed by atoms with Crippen LogP contribution in [0.5, 0.6) is 0 Å². The van der Waals surface area contributed by atoms with Crippen LogP contribution < -0.4 is 10.6 Å². The Labute approximate surface area is 182 Å². The highest BCUT2D eigenvalue weighted by Crippen LogP contribution is 2.34. The summed E-state index contributed by atoms with van der Waals surface area (Å²) in [5.41, 5.74) is 4.83. The van der Waals surface area contributed by atoms with Gasteiger partial charge in [0.15, 0.2) is 4.34 Å². The van der Waals surface area contributed by atoms with Crippen molar-refractivity contribution >= 4 is 45.3 Å². The first-order chi connectivity index (χ1) is 14.5. The van der Waals surface area contributed by atoms with Gasteiger partial charge in [-0.05, 0) is 37.1 Å². The number of methoxy groups -OCH3 is 1. The lowest BCUT2D eigenvalue weighted by Crippen LogP contribution is -2.46. The second-order valence-corrected chi connectivity index (χ2v) is 9.26. The molecule has 2 N–H and O–H groups in total. The van der Waals surface area contributed by atoms with Gasteiger partial charge in [0.2, 0.25) is 0 Å². The van der Waals surface area contributed by atoms with E-state index in [9.17, 15) is 9.59 Å². The Hall–Kier alpha value is -2.84. The van der Waals surface area contributed by atoms with E-state index in [2.05, 4.69) is 15.6 Å². The Morgan fingerprint density at radius 2 is 2.03 bits per heavy atom. The number of nitrogens with one attached hydrogen (secondary N) is 2. The van der Waals surface area contributed by atoms with Crippen LogP contribution in [-0.2, 0) is 9.53 Å². The number of amides is 2. The minimum atomic E-state index is -0.572. The Kier molecular flexibility index (Phi) is 5.78. The molecule has 30 heavy (non-hydrogen) atoms. The highest BCUT2D eigenvalue weighted by molar-refractivity contribution is 8.01. The van der Waals surface area contributed by atoms with Crippen molar-refractivity contribution in [2.75, 3.05) is 12.9 Å². The molecule has 3 aromatic rings. The maximum absolute atomic E-state index is 12.7. The molecule has 1 aliphatic heterocycles. The largest absolute Gasteiger partial charge is 0.466 e. The first kappa shape index (κ1) is 20.4. The van der Waals surface area contributed by atoms with E-state index in [-0.39, 0.29) is 6.03 Å². The van der Waals surface area contributed by atoms with Gasteiger partial charge in [-0.3, -0.25) is 0 Å². The summed E-state index contributed by atoms with van der Waals surface area (Å²) >= 11 is 3.08. The SMILES string of the molecule is COC(=O)C1=C(CSc2nc3ccccc3s2)NC(=O)NC1c1cc(C)ccc1C. The lowest BCUT2D eigenvalue weighted by molar-refractivity contribution is -0.136. The maximum atomic E-state index is 12.7. The van der Waals surface area contributed by atoms with Gasteiger partial charge < -0.3 is 15.4 Å². The number of ether oxygens (including phenoxy) is 1. The molecule has 0 spiro atoms. The standard InChI is InChI=1S/C22H21N3O3S2/c1-12-8-9-13(2)14(10-12)19-18(20(26)28-3)16(23-21(27)25-19)11-29-22-24-15-6-4-5-7-17(15)30-22/h4-10,19H,11H2,1-3H3,(H2,23,25,27). The van der Waals surface area contributed by atoms with Crippen LogP contribution in [0.4, 0.5) is 4.79 Å². The molecular formula is C22H21N3O3S2. The van der Waals surface area contributed by atoms with Crippen molar-refractivity contribution < 1.29 is 14.3 Å². The molecular weight excluding hydrogens is 418 g/mol. The number of hydrogen-bond donors (Lipinski definition) is 2. The molecule has 2 amide bonds. The van der Waals surface area contributed by atoms with Crippen LogP contribution in [0.3, 0.4) is 0 Å². The monoisotopic (exact) mass is 439 g/mol. The second kappa shape index (κ2) is 8.49. The number of nitrogens with zero attached hydrogens (tertiary/aromatic N) is 1. The lowest BCUT2D eigenvalue weighted by Gasteiger charge is -2.30. The number of carbonyl (C=O) groups is 2. The van der Waals surface area contributed by atoms with Crippen molar-refractivity contribution in [2.24, 2.45) is 0 Å². The molecule has 1 atom stereocenters. The summed E-state index contributed by atoms with van der Waals surface area (Å²) in [7, 11) is 1.35. The van der Waals surface area contributed by atoms with Gasteiger partial charge in [0.25, 0.3) is 0 Å². The average molecular weight is 440 g/mol. The van der Waals surface area contributed by atoms with Gasteiger partial charge in [-0.1, -0.05) is 47.7 Å². The van der Waals surface area contributed by atoms with Gasteiger partial charge in [0.05, 0.1) is 28.9 Å². The number of thiazole rings is 1. The number of fused-ring (bicyclic) bond motifs is 1. The van der Waals surface area contributed by atoms with E-state index in [1.165, 1.54) is 18.9 Å². The highest BCUT2D eigenvalue weighted by atomic mass is 32.2. The Balaban J connectivity index is 1.71. The smallest absolute Gasteiger partial charge is 0.338 e. The summed E-state index contributed by atoms with van der Waals surface area (Å²) in [5.74, 6) is -0.0627. The molecule has 0 radical (unpaired) electrons. The van der Waals surface area contributed by atoms with Crippen molar-refractivity contribution in [2.45, 2.75) is 24.2 Å². The fourth-order valence-electron chi connectivity index (χ4n) is 3.43. The van der Waals surface area contributed by atoms with Crippen molar-refractivity contribution in [3.8, 4) is 0 Å². The molecule has 0 aliphatic carbocycles. The van der Waals surface area contributed by atoms with Gasteiger partial charge in [-0.25, -0.2) is 14.6 Å². The minimum Gasteiger partial charge on any atom is -0.466 e. The number of thioether (sulfide) groups is 1. The third-order valence-corrected chi connectivity index (χ3v) is 7.12. The second-order valence-electron chi connectivity index (χ2n) is 7.01. The fourth-order valence-corrected chi connectivity index (χ4v) is 5.47. The Morgan fingerprint density at radius 3 is 2.80 bits per heavy atom. The van der Waals surface area contributed by atoms with E-state index in [4.69, 9.17) is 4.74 Å². The van der Waals surface area contributed by atoms with E-state index < -0.39 is 12.0 Å². The number of hydrogen-bond acceptors (Lipinski definition) is 6. The molecule has 0 fully saturated rings. The van der Waals surface area contributed by atoms with E-state index in [0.717, 1.165) is 31.2 Å². The molecule has 0 bridgehead atoms. The van der Waals surface area contributed by atoms with Crippen LogP contribution in [0.2, 0.25) is 0 Å². The maximum Gasteiger partial charge on any atom is 0.338 e. The van der Waals surface area contributed by atoms with Gasteiger partial charge >= 0.3 is 12.0 Å². The van der Waals surface area contributed by atoms with Gasteiger partial charge in [-0.2, -0.15) is 0 Å². The van der Waals surface area contributed by atoms with Crippen LogP contribution in [0.25, 0.3) is 10.2 Å². The molecule has 0 saturated carbocycles. The highest BCUT2D eigenvalue weighted by Gasteiger charge is 2.34. The number of urea groups is 1. The molecule has 1 aliphatic rings. The quantitative estimate of drug-likeness (QED) is 0.452. The summed E-state index contributed by atoms with van der Waals surface area (Å²) in [6, 6.07) is 13.0. The van der Waals surface area contributed by atoms with Crippen LogP contribution >= 0.6 is 23.1 Å². The predicted octanol–water partition coefficient (Wildman–Crippen LogP) is 4.49. The van der Waals surface area contributed by atoms with Crippen molar-refractivity contribution in [1.29, 1.82) is 0 Å². The molecule has 4 rings (SSSR count). The molecule has 1 unspecified atom stereocenters.